The Balaban J connectivity index is 1.63. The summed E-state index contributed by atoms with van der Waals surface area (Å²) in [6.07, 6.45) is 18.8. The minimum Gasteiger partial charge on any atom is -0.393 e. The first-order chi connectivity index (χ1) is 11.0. The third-order valence-electron chi connectivity index (χ3n) is 8.16. The highest BCUT2D eigenvalue weighted by atomic mass is 16.3. The number of aliphatic hydroxyl groups excluding tert-OH is 1. The Labute approximate surface area is 140 Å². The predicted molar refractivity (Wildman–Crippen MR) is 91.4 cm³/mol. The van der Waals surface area contributed by atoms with Crippen molar-refractivity contribution in [1.82, 2.24) is 0 Å². The maximum atomic E-state index is 11.0. The molecule has 0 aromatic carbocycles. The van der Waals surface area contributed by atoms with Crippen LogP contribution in [0.1, 0.15) is 58.3 Å². The van der Waals surface area contributed by atoms with Crippen LogP contribution in [-0.2, 0) is 0 Å². The zero-order chi connectivity index (χ0) is 16.2. The highest BCUT2D eigenvalue weighted by molar-refractivity contribution is 5.35. The van der Waals surface area contributed by atoms with E-state index >= 15 is 0 Å². The number of aliphatic hydroxyl groups is 2. The van der Waals surface area contributed by atoms with Crippen molar-refractivity contribution in [2.45, 2.75) is 70.0 Å². The molecular formula is C21H30O2. The average molecular weight is 314 g/mol. The van der Waals surface area contributed by atoms with Gasteiger partial charge >= 0.3 is 0 Å². The van der Waals surface area contributed by atoms with Crippen molar-refractivity contribution in [2.75, 3.05) is 0 Å². The Morgan fingerprint density at radius 3 is 2.65 bits per heavy atom. The Morgan fingerprint density at radius 1 is 1.13 bits per heavy atom. The van der Waals surface area contributed by atoms with E-state index in [4.69, 9.17) is 6.42 Å². The van der Waals surface area contributed by atoms with E-state index in [2.05, 4.69) is 18.9 Å². The van der Waals surface area contributed by atoms with E-state index in [1.54, 1.807) is 0 Å². The molecule has 0 amide bonds. The highest BCUT2D eigenvalue weighted by Gasteiger charge is 2.61. The number of hydrogen-bond acceptors (Lipinski definition) is 2. The molecule has 0 radical (unpaired) electrons. The van der Waals surface area contributed by atoms with Crippen LogP contribution in [-0.4, -0.2) is 21.9 Å². The lowest BCUT2D eigenvalue weighted by Crippen LogP contribution is -2.55. The molecule has 0 spiro atoms. The van der Waals surface area contributed by atoms with Crippen LogP contribution in [0.4, 0.5) is 0 Å². The van der Waals surface area contributed by atoms with Gasteiger partial charge in [0, 0.05) is 5.41 Å². The summed E-state index contributed by atoms with van der Waals surface area (Å²) in [4.78, 5) is 0. The van der Waals surface area contributed by atoms with Crippen LogP contribution in [0.2, 0.25) is 0 Å². The van der Waals surface area contributed by atoms with Crippen LogP contribution < -0.4 is 0 Å². The Hall–Kier alpha value is -0.780. The van der Waals surface area contributed by atoms with Gasteiger partial charge in [0.1, 0.15) is 5.60 Å². The molecule has 0 unspecified atom stereocenters. The lowest BCUT2D eigenvalue weighted by Gasteiger charge is -2.57. The molecule has 4 rings (SSSR count). The number of rotatable bonds is 1. The van der Waals surface area contributed by atoms with Crippen molar-refractivity contribution in [3.05, 3.63) is 12.2 Å². The zero-order valence-corrected chi connectivity index (χ0v) is 14.2. The summed E-state index contributed by atoms with van der Waals surface area (Å²) in [5, 5.41) is 21.1. The molecule has 23 heavy (non-hydrogen) atoms. The minimum absolute atomic E-state index is 0.0657. The van der Waals surface area contributed by atoms with Gasteiger partial charge in [-0.15, -0.1) is 6.42 Å². The second kappa shape index (κ2) is 5.36. The van der Waals surface area contributed by atoms with E-state index in [1.807, 2.05) is 6.08 Å². The summed E-state index contributed by atoms with van der Waals surface area (Å²) in [5.74, 6) is 6.14. The predicted octanol–water partition coefficient (Wildman–Crippen LogP) is 3.53. The van der Waals surface area contributed by atoms with Crippen LogP contribution >= 0.6 is 0 Å². The highest BCUT2D eigenvalue weighted by Crippen LogP contribution is 2.64. The van der Waals surface area contributed by atoms with Crippen molar-refractivity contribution >= 4 is 0 Å². The van der Waals surface area contributed by atoms with Crippen molar-refractivity contribution in [3.63, 3.8) is 0 Å². The van der Waals surface area contributed by atoms with Crippen LogP contribution in [0.5, 0.6) is 0 Å². The summed E-state index contributed by atoms with van der Waals surface area (Å²) in [7, 11) is 0. The normalized spacial score (nSPS) is 54.7. The molecule has 2 N–H and O–H groups in total. The summed E-state index contributed by atoms with van der Waals surface area (Å²) in [6, 6.07) is 0. The first-order valence-corrected chi connectivity index (χ1v) is 9.62. The largest absolute Gasteiger partial charge is 0.393 e. The molecular weight excluding hydrogens is 284 g/mol. The van der Waals surface area contributed by atoms with E-state index in [0.29, 0.717) is 11.8 Å². The van der Waals surface area contributed by atoms with Gasteiger partial charge in [0.25, 0.3) is 0 Å². The lowest BCUT2D eigenvalue weighted by atomic mass is 9.48. The van der Waals surface area contributed by atoms with E-state index in [1.165, 1.54) is 25.7 Å². The quantitative estimate of drug-likeness (QED) is 0.574. The standard InChI is InChI=1S/C21H30O2/c1-3-20-11-9-17-16-8-6-15(22)13-14(16)5-7-18(17)19(20)10-12-21(20,23)4-2/h2,10,12,14-19,22-23H,3,5-9,11,13H2,1H3/t14-,15+,16-,17+,18+,19-,20-,21-/m0/s1. The van der Waals surface area contributed by atoms with Gasteiger partial charge in [0.05, 0.1) is 6.10 Å². The molecule has 0 aromatic rings. The molecule has 0 heterocycles. The smallest absolute Gasteiger partial charge is 0.149 e. The molecule has 126 valence electrons. The monoisotopic (exact) mass is 314 g/mol. The van der Waals surface area contributed by atoms with Crippen molar-refractivity contribution < 1.29 is 10.2 Å². The maximum Gasteiger partial charge on any atom is 0.149 e. The van der Waals surface area contributed by atoms with Crippen molar-refractivity contribution in [2.24, 2.45) is 35.0 Å². The maximum absolute atomic E-state index is 11.0. The van der Waals surface area contributed by atoms with Crippen molar-refractivity contribution in [3.8, 4) is 12.3 Å². The number of hydrogen-bond donors (Lipinski definition) is 2. The number of terminal acetylenes is 1. The molecule has 8 atom stereocenters. The van der Waals surface area contributed by atoms with E-state index in [0.717, 1.165) is 43.4 Å². The summed E-state index contributed by atoms with van der Waals surface area (Å²) >= 11 is 0. The summed E-state index contributed by atoms with van der Waals surface area (Å²) < 4.78 is 0. The molecule has 4 aliphatic carbocycles. The van der Waals surface area contributed by atoms with Gasteiger partial charge in [-0.3, -0.25) is 0 Å². The van der Waals surface area contributed by atoms with Gasteiger partial charge < -0.3 is 10.2 Å². The van der Waals surface area contributed by atoms with Gasteiger partial charge in [-0.1, -0.05) is 18.9 Å². The first kappa shape index (κ1) is 15.7. The molecule has 2 heteroatoms. The number of fused-ring (bicyclic) bond motifs is 5. The Bertz CT molecular complexity index is 547. The fourth-order valence-electron chi connectivity index (χ4n) is 7.03. The Morgan fingerprint density at radius 2 is 1.91 bits per heavy atom. The average Bonchev–Trinajstić information content (AvgIpc) is 2.88. The molecule has 2 nitrogen and oxygen atoms in total. The van der Waals surface area contributed by atoms with Crippen LogP contribution in [0.25, 0.3) is 0 Å². The molecule has 4 aliphatic rings. The molecule has 0 aromatic heterocycles. The summed E-state index contributed by atoms with van der Waals surface area (Å²) in [5.41, 5.74) is -1.18. The van der Waals surface area contributed by atoms with Crippen LogP contribution in [0, 0.1) is 47.3 Å². The fraction of sp³-hybridized carbons (Fsp3) is 0.810. The molecule has 3 saturated carbocycles. The molecule has 3 fully saturated rings. The molecule has 0 bridgehead atoms. The minimum atomic E-state index is -1.04. The fourth-order valence-corrected chi connectivity index (χ4v) is 7.03. The SMILES string of the molecule is C#C[C@]1(O)C=C[C@H]2[C@@H]3CC[C@H]4C[C@H](O)CC[C@@H]4[C@H]3CC[C@@]21CC. The van der Waals surface area contributed by atoms with Gasteiger partial charge in [0.2, 0.25) is 0 Å². The summed E-state index contributed by atoms with van der Waals surface area (Å²) in [6.45, 7) is 2.20. The van der Waals surface area contributed by atoms with Crippen LogP contribution in [0.15, 0.2) is 12.2 Å². The van der Waals surface area contributed by atoms with Crippen LogP contribution in [0.3, 0.4) is 0 Å². The molecule has 0 aliphatic heterocycles. The van der Waals surface area contributed by atoms with E-state index in [-0.39, 0.29) is 11.5 Å². The van der Waals surface area contributed by atoms with E-state index < -0.39 is 5.60 Å². The van der Waals surface area contributed by atoms with Gasteiger partial charge in [-0.25, -0.2) is 0 Å². The first-order valence-electron chi connectivity index (χ1n) is 9.62. The van der Waals surface area contributed by atoms with Gasteiger partial charge in [0.15, 0.2) is 0 Å². The third kappa shape index (κ3) is 2.02. The molecule has 0 saturated heterocycles. The zero-order valence-electron chi connectivity index (χ0n) is 14.2. The van der Waals surface area contributed by atoms with E-state index in [9.17, 15) is 10.2 Å². The third-order valence-corrected chi connectivity index (χ3v) is 8.16. The second-order valence-corrected chi connectivity index (χ2v) is 8.64. The topological polar surface area (TPSA) is 40.5 Å². The Kier molecular flexibility index (Phi) is 3.67. The van der Waals surface area contributed by atoms with Gasteiger partial charge in [-0.2, -0.15) is 0 Å². The second-order valence-electron chi connectivity index (χ2n) is 8.64. The van der Waals surface area contributed by atoms with Crippen molar-refractivity contribution in [1.29, 1.82) is 0 Å². The lowest BCUT2D eigenvalue weighted by molar-refractivity contribution is -0.112. The van der Waals surface area contributed by atoms with Gasteiger partial charge in [-0.05, 0) is 87.0 Å². The number of allylic oxidation sites excluding steroid dienone is 1.